The minimum atomic E-state index is -0.0695. The Morgan fingerprint density at radius 3 is 2.75 bits per heavy atom. The highest BCUT2D eigenvalue weighted by atomic mass is 16.5. The number of hydrogen-bond acceptors (Lipinski definition) is 2. The van der Waals surface area contributed by atoms with E-state index in [4.69, 9.17) is 4.74 Å². The molecule has 12 heavy (non-hydrogen) atoms. The topological polar surface area (TPSA) is 26.3 Å². The number of ketones is 1. The van der Waals surface area contributed by atoms with E-state index >= 15 is 0 Å². The molecular weight excluding hydrogens is 152 g/mol. The third-order valence-corrected chi connectivity index (χ3v) is 3.32. The molecule has 1 aliphatic heterocycles. The standard InChI is InChI=1S/C10H16O2/c1-6-3-4-8-7(2)5-12-10(6)9(8)11/h6-8,10H,3-5H2,1-2H3/t6-,7+,8-,10-/m1/s1. The van der Waals surface area contributed by atoms with Crippen molar-refractivity contribution >= 4 is 5.78 Å². The molecule has 2 fully saturated rings. The van der Waals surface area contributed by atoms with Gasteiger partial charge in [-0.3, -0.25) is 4.79 Å². The van der Waals surface area contributed by atoms with Crippen molar-refractivity contribution in [1.82, 2.24) is 0 Å². The van der Waals surface area contributed by atoms with Crippen LogP contribution in [0.3, 0.4) is 0 Å². The summed E-state index contributed by atoms with van der Waals surface area (Å²) in [5.41, 5.74) is 0. The second-order valence-corrected chi connectivity index (χ2v) is 4.29. The number of fused-ring (bicyclic) bond motifs is 2. The number of hydrogen-bond donors (Lipinski definition) is 0. The molecule has 1 saturated carbocycles. The fraction of sp³-hybridized carbons (Fsp3) is 0.900. The lowest BCUT2D eigenvalue weighted by Gasteiger charge is -2.40. The average molecular weight is 168 g/mol. The van der Waals surface area contributed by atoms with Gasteiger partial charge in [0.15, 0.2) is 5.78 Å². The molecule has 1 heterocycles. The van der Waals surface area contributed by atoms with Crippen LogP contribution < -0.4 is 0 Å². The van der Waals surface area contributed by atoms with Crippen LogP contribution in [0.5, 0.6) is 0 Å². The summed E-state index contributed by atoms with van der Waals surface area (Å²) in [5.74, 6) is 1.56. The van der Waals surface area contributed by atoms with E-state index in [9.17, 15) is 4.79 Å². The highest BCUT2D eigenvalue weighted by Gasteiger charge is 2.42. The van der Waals surface area contributed by atoms with Crippen molar-refractivity contribution < 1.29 is 9.53 Å². The van der Waals surface area contributed by atoms with Gasteiger partial charge in [-0.05, 0) is 24.7 Å². The van der Waals surface area contributed by atoms with Gasteiger partial charge in [-0.25, -0.2) is 0 Å². The predicted octanol–water partition coefficient (Wildman–Crippen LogP) is 1.64. The quantitative estimate of drug-likeness (QED) is 0.549. The van der Waals surface area contributed by atoms with Gasteiger partial charge >= 0.3 is 0 Å². The van der Waals surface area contributed by atoms with E-state index in [1.54, 1.807) is 0 Å². The SMILES string of the molecule is C[C@@H]1CC[C@H]2C(=O)[C@@H]1OC[C@@H]2C. The Kier molecular flexibility index (Phi) is 1.95. The van der Waals surface area contributed by atoms with Crippen molar-refractivity contribution in [3.63, 3.8) is 0 Å². The van der Waals surface area contributed by atoms with Crippen molar-refractivity contribution in [2.75, 3.05) is 6.61 Å². The number of rotatable bonds is 0. The van der Waals surface area contributed by atoms with Gasteiger partial charge < -0.3 is 4.74 Å². The van der Waals surface area contributed by atoms with Crippen molar-refractivity contribution in [3.8, 4) is 0 Å². The van der Waals surface area contributed by atoms with E-state index in [0.717, 1.165) is 19.4 Å². The fourth-order valence-corrected chi connectivity index (χ4v) is 2.41. The van der Waals surface area contributed by atoms with Gasteiger partial charge in [0, 0.05) is 5.92 Å². The Balaban J connectivity index is 2.18. The lowest BCUT2D eigenvalue weighted by molar-refractivity contribution is -0.157. The summed E-state index contributed by atoms with van der Waals surface area (Å²) in [5, 5.41) is 0. The Bertz CT molecular complexity index is 180. The van der Waals surface area contributed by atoms with E-state index < -0.39 is 0 Å². The summed E-state index contributed by atoms with van der Waals surface area (Å²) >= 11 is 0. The first-order valence-corrected chi connectivity index (χ1v) is 4.85. The maximum atomic E-state index is 11.7. The first kappa shape index (κ1) is 8.24. The zero-order valence-corrected chi connectivity index (χ0v) is 7.75. The highest BCUT2D eigenvalue weighted by molar-refractivity contribution is 5.87. The van der Waals surface area contributed by atoms with Gasteiger partial charge in [0.2, 0.25) is 0 Å². The van der Waals surface area contributed by atoms with Crippen LogP contribution in [0.1, 0.15) is 26.7 Å². The van der Waals surface area contributed by atoms with Gasteiger partial charge in [0.1, 0.15) is 6.10 Å². The molecule has 1 saturated heterocycles. The van der Waals surface area contributed by atoms with Gasteiger partial charge in [0.05, 0.1) is 6.61 Å². The van der Waals surface area contributed by atoms with E-state index in [1.807, 2.05) is 0 Å². The zero-order chi connectivity index (χ0) is 8.72. The molecular formula is C10H16O2. The lowest BCUT2D eigenvalue weighted by atomic mass is 9.72. The van der Waals surface area contributed by atoms with E-state index in [0.29, 0.717) is 23.5 Å². The van der Waals surface area contributed by atoms with Crippen LogP contribution in [0.15, 0.2) is 0 Å². The Morgan fingerprint density at radius 1 is 1.25 bits per heavy atom. The average Bonchev–Trinajstić information content (AvgIpc) is 2.01. The molecule has 2 bridgehead atoms. The largest absolute Gasteiger partial charge is 0.370 e. The molecule has 1 aliphatic carbocycles. The van der Waals surface area contributed by atoms with Gasteiger partial charge in [0.25, 0.3) is 0 Å². The molecule has 0 aromatic rings. The molecule has 0 unspecified atom stereocenters. The summed E-state index contributed by atoms with van der Waals surface area (Å²) < 4.78 is 5.54. The minimum absolute atomic E-state index is 0.0695. The van der Waals surface area contributed by atoms with Crippen LogP contribution >= 0.6 is 0 Å². The molecule has 0 aromatic heterocycles. The van der Waals surface area contributed by atoms with Crippen molar-refractivity contribution in [2.24, 2.45) is 17.8 Å². The number of Topliss-reactive ketones (excluding diaryl/α,β-unsaturated/α-hetero) is 1. The van der Waals surface area contributed by atoms with Gasteiger partial charge in [-0.2, -0.15) is 0 Å². The van der Waals surface area contributed by atoms with Crippen molar-refractivity contribution in [1.29, 1.82) is 0 Å². The van der Waals surface area contributed by atoms with Crippen molar-refractivity contribution in [2.45, 2.75) is 32.8 Å². The third-order valence-electron chi connectivity index (χ3n) is 3.32. The van der Waals surface area contributed by atoms with Crippen LogP contribution in [-0.2, 0) is 9.53 Å². The molecule has 2 rings (SSSR count). The van der Waals surface area contributed by atoms with E-state index in [2.05, 4.69) is 13.8 Å². The second kappa shape index (κ2) is 2.84. The molecule has 2 aliphatic rings. The molecule has 0 spiro atoms. The molecule has 0 amide bonds. The summed E-state index contributed by atoms with van der Waals surface area (Å²) in [7, 11) is 0. The zero-order valence-electron chi connectivity index (χ0n) is 7.75. The summed E-state index contributed by atoms with van der Waals surface area (Å²) in [6.07, 6.45) is 2.17. The summed E-state index contributed by atoms with van der Waals surface area (Å²) in [6, 6.07) is 0. The monoisotopic (exact) mass is 168 g/mol. The Hall–Kier alpha value is -0.370. The summed E-state index contributed by atoms with van der Waals surface area (Å²) in [6.45, 7) is 5.02. The number of ether oxygens (including phenoxy) is 1. The molecule has 4 atom stereocenters. The molecule has 0 aromatic carbocycles. The van der Waals surface area contributed by atoms with Gasteiger partial charge in [-0.1, -0.05) is 13.8 Å². The first-order chi connectivity index (χ1) is 5.70. The van der Waals surface area contributed by atoms with Gasteiger partial charge in [-0.15, -0.1) is 0 Å². The normalized spacial score (nSPS) is 47.7. The van der Waals surface area contributed by atoms with Crippen LogP contribution in [0.25, 0.3) is 0 Å². The maximum Gasteiger partial charge on any atom is 0.165 e. The van der Waals surface area contributed by atoms with Crippen LogP contribution in [-0.4, -0.2) is 18.5 Å². The molecule has 0 N–H and O–H groups in total. The fourth-order valence-electron chi connectivity index (χ4n) is 2.41. The third kappa shape index (κ3) is 1.09. The lowest BCUT2D eigenvalue weighted by Crippen LogP contribution is -2.48. The van der Waals surface area contributed by atoms with E-state index in [1.165, 1.54) is 0 Å². The highest BCUT2D eigenvalue weighted by Crippen LogP contribution is 2.36. The smallest absolute Gasteiger partial charge is 0.165 e. The molecule has 2 nitrogen and oxygen atoms in total. The maximum absolute atomic E-state index is 11.7. The molecule has 0 radical (unpaired) electrons. The van der Waals surface area contributed by atoms with Crippen LogP contribution in [0.4, 0.5) is 0 Å². The molecule has 68 valence electrons. The summed E-state index contributed by atoms with van der Waals surface area (Å²) in [4.78, 5) is 11.7. The predicted molar refractivity (Wildman–Crippen MR) is 45.8 cm³/mol. The van der Waals surface area contributed by atoms with Crippen molar-refractivity contribution in [3.05, 3.63) is 0 Å². The molecule has 2 heteroatoms. The number of carbonyl (C=O) groups is 1. The van der Waals surface area contributed by atoms with Crippen LogP contribution in [0, 0.1) is 17.8 Å². The second-order valence-electron chi connectivity index (χ2n) is 4.29. The number of carbonyl (C=O) groups excluding carboxylic acids is 1. The Labute approximate surface area is 73.3 Å². The first-order valence-electron chi connectivity index (χ1n) is 4.85. The Morgan fingerprint density at radius 2 is 2.00 bits per heavy atom. The minimum Gasteiger partial charge on any atom is -0.370 e. The van der Waals surface area contributed by atoms with Crippen LogP contribution in [0.2, 0.25) is 0 Å². The van der Waals surface area contributed by atoms with E-state index in [-0.39, 0.29) is 6.10 Å².